The van der Waals surface area contributed by atoms with Crippen molar-refractivity contribution in [2.75, 3.05) is 12.3 Å². The van der Waals surface area contributed by atoms with Crippen LogP contribution < -0.4 is 5.73 Å². The van der Waals surface area contributed by atoms with Crippen LogP contribution in [0.25, 0.3) is 0 Å². The third-order valence-corrected chi connectivity index (χ3v) is 4.61. The number of hydrogen-bond donors (Lipinski definition) is 2. The number of benzene rings is 2. The van der Waals surface area contributed by atoms with Crippen molar-refractivity contribution in [3.63, 3.8) is 0 Å². The summed E-state index contributed by atoms with van der Waals surface area (Å²) in [5.74, 6) is -1.81. The lowest BCUT2D eigenvalue weighted by Gasteiger charge is -2.32. The molecular weight excluding hydrogens is 334 g/mol. The van der Waals surface area contributed by atoms with Gasteiger partial charge in [-0.05, 0) is 30.2 Å². The summed E-state index contributed by atoms with van der Waals surface area (Å²) in [5.41, 5.74) is 6.37. The van der Waals surface area contributed by atoms with Crippen molar-refractivity contribution >= 4 is 23.6 Å². The number of imide groups is 1. The molecule has 1 fully saturated rings. The van der Waals surface area contributed by atoms with Crippen molar-refractivity contribution < 1.29 is 19.5 Å². The Bertz CT molecular complexity index is 851. The Morgan fingerprint density at radius 2 is 1.69 bits per heavy atom. The number of anilines is 1. The Morgan fingerprint density at radius 3 is 2.27 bits per heavy atom. The van der Waals surface area contributed by atoms with Crippen LogP contribution in [-0.2, 0) is 21.7 Å². The van der Waals surface area contributed by atoms with E-state index in [4.69, 9.17) is 10.8 Å². The summed E-state index contributed by atoms with van der Waals surface area (Å²) in [6.07, 6.45) is 0. The molecule has 134 valence electrons. The number of rotatable bonds is 5. The van der Waals surface area contributed by atoms with Crippen LogP contribution in [0.5, 0.6) is 0 Å². The van der Waals surface area contributed by atoms with Gasteiger partial charge in [-0.25, -0.2) is 4.79 Å². The fraction of sp³-hybridized carbons (Fsp3) is 0.211. The van der Waals surface area contributed by atoms with E-state index in [-0.39, 0.29) is 6.54 Å². The van der Waals surface area contributed by atoms with Crippen LogP contribution in [0, 0.1) is 0 Å². The number of carboxylic acids is 1. The predicted octanol–water partition coefficient (Wildman–Crippen LogP) is 2.03. The molecule has 0 bridgehead atoms. The van der Waals surface area contributed by atoms with Crippen molar-refractivity contribution in [2.45, 2.75) is 19.0 Å². The molecule has 0 saturated carbocycles. The fourth-order valence-corrected chi connectivity index (χ4v) is 3.16. The molecule has 0 radical (unpaired) electrons. The van der Waals surface area contributed by atoms with Gasteiger partial charge in [0.05, 0.1) is 0 Å². The molecule has 3 N–H and O–H groups in total. The standard InChI is InChI=1S/C19H19N3O4/c1-19(14-7-9-15(20)10-8-14)17(25)21(12-16(23)24)18(26)22(19)11-13-5-3-2-4-6-13/h2-10H,11-12,20H2,1H3,(H,23,24)/t19-/m0/s1. The normalized spacial score (nSPS) is 19.9. The van der Waals surface area contributed by atoms with E-state index in [1.165, 1.54) is 4.90 Å². The van der Waals surface area contributed by atoms with Gasteiger partial charge in [0.25, 0.3) is 5.91 Å². The van der Waals surface area contributed by atoms with Gasteiger partial charge in [-0.3, -0.25) is 14.5 Å². The highest BCUT2D eigenvalue weighted by Crippen LogP contribution is 2.38. The second kappa shape index (κ2) is 6.51. The predicted molar refractivity (Wildman–Crippen MR) is 94.9 cm³/mol. The van der Waals surface area contributed by atoms with Gasteiger partial charge in [-0.15, -0.1) is 0 Å². The second-order valence-electron chi connectivity index (χ2n) is 6.33. The molecule has 0 aliphatic carbocycles. The van der Waals surface area contributed by atoms with Gasteiger partial charge in [-0.1, -0.05) is 42.5 Å². The van der Waals surface area contributed by atoms with Gasteiger partial charge >= 0.3 is 12.0 Å². The zero-order chi connectivity index (χ0) is 18.9. The Morgan fingerprint density at radius 1 is 1.08 bits per heavy atom. The number of nitrogens with zero attached hydrogens (tertiary/aromatic N) is 2. The number of amides is 3. The summed E-state index contributed by atoms with van der Waals surface area (Å²) >= 11 is 0. The minimum Gasteiger partial charge on any atom is -0.480 e. The number of nitrogens with two attached hydrogens (primary N) is 1. The molecule has 1 saturated heterocycles. The van der Waals surface area contributed by atoms with Crippen molar-refractivity contribution in [1.82, 2.24) is 9.80 Å². The zero-order valence-electron chi connectivity index (χ0n) is 14.3. The molecule has 2 aromatic rings. The largest absolute Gasteiger partial charge is 0.480 e. The van der Waals surface area contributed by atoms with Crippen molar-refractivity contribution in [2.24, 2.45) is 0 Å². The number of urea groups is 1. The van der Waals surface area contributed by atoms with Crippen molar-refractivity contribution in [3.8, 4) is 0 Å². The highest BCUT2D eigenvalue weighted by molar-refractivity contribution is 6.08. The lowest BCUT2D eigenvalue weighted by atomic mass is 9.89. The highest BCUT2D eigenvalue weighted by Gasteiger charge is 2.55. The minimum absolute atomic E-state index is 0.183. The van der Waals surface area contributed by atoms with Crippen LogP contribution in [0.3, 0.4) is 0 Å². The first-order chi connectivity index (χ1) is 12.3. The molecule has 1 heterocycles. The summed E-state index contributed by atoms with van der Waals surface area (Å²) < 4.78 is 0. The van der Waals surface area contributed by atoms with E-state index in [1.54, 1.807) is 31.2 Å². The maximum Gasteiger partial charge on any atom is 0.328 e. The smallest absolute Gasteiger partial charge is 0.328 e. The Kier molecular flexibility index (Phi) is 4.38. The Hall–Kier alpha value is -3.35. The van der Waals surface area contributed by atoms with Gasteiger partial charge in [0.1, 0.15) is 12.1 Å². The first-order valence-electron chi connectivity index (χ1n) is 8.09. The summed E-state index contributed by atoms with van der Waals surface area (Å²) in [5, 5.41) is 9.08. The highest BCUT2D eigenvalue weighted by atomic mass is 16.4. The molecule has 1 aliphatic heterocycles. The van der Waals surface area contributed by atoms with Crippen LogP contribution in [0.1, 0.15) is 18.1 Å². The SMILES string of the molecule is C[C@]1(c2ccc(N)cc2)C(=O)N(CC(=O)O)C(=O)N1Cc1ccccc1. The van der Waals surface area contributed by atoms with Crippen LogP contribution >= 0.6 is 0 Å². The van der Waals surface area contributed by atoms with E-state index in [0.29, 0.717) is 11.3 Å². The molecule has 3 amide bonds. The van der Waals surface area contributed by atoms with Gasteiger partial charge in [0.2, 0.25) is 0 Å². The fourth-order valence-electron chi connectivity index (χ4n) is 3.16. The number of carboxylic acid groups (broad SMARTS) is 1. The van der Waals surface area contributed by atoms with E-state index in [0.717, 1.165) is 10.5 Å². The molecule has 0 aromatic heterocycles. The van der Waals surface area contributed by atoms with E-state index < -0.39 is 30.0 Å². The van der Waals surface area contributed by atoms with Crippen LogP contribution in [0.15, 0.2) is 54.6 Å². The monoisotopic (exact) mass is 353 g/mol. The van der Waals surface area contributed by atoms with Crippen molar-refractivity contribution in [3.05, 3.63) is 65.7 Å². The van der Waals surface area contributed by atoms with Crippen LogP contribution in [0.2, 0.25) is 0 Å². The molecule has 1 atom stereocenters. The topological polar surface area (TPSA) is 104 Å². The minimum atomic E-state index is -1.31. The number of aliphatic carboxylic acids is 1. The Labute approximate surface area is 150 Å². The van der Waals surface area contributed by atoms with Crippen LogP contribution in [-0.4, -0.2) is 39.4 Å². The molecule has 3 rings (SSSR count). The van der Waals surface area contributed by atoms with Gasteiger partial charge in [0, 0.05) is 12.2 Å². The molecule has 1 aliphatic rings. The summed E-state index contributed by atoms with van der Waals surface area (Å²) in [7, 11) is 0. The number of hydrogen-bond acceptors (Lipinski definition) is 4. The maximum absolute atomic E-state index is 13.0. The molecule has 7 heteroatoms. The molecule has 26 heavy (non-hydrogen) atoms. The number of nitrogen functional groups attached to an aromatic ring is 1. The third-order valence-electron chi connectivity index (χ3n) is 4.61. The van der Waals surface area contributed by atoms with E-state index in [1.807, 2.05) is 30.3 Å². The molecular formula is C19H19N3O4. The molecule has 0 unspecified atom stereocenters. The Balaban J connectivity index is 2.06. The van der Waals surface area contributed by atoms with E-state index >= 15 is 0 Å². The third kappa shape index (κ3) is 2.88. The first kappa shape index (κ1) is 17.5. The van der Waals surface area contributed by atoms with Gasteiger partial charge in [0.15, 0.2) is 0 Å². The summed E-state index contributed by atoms with van der Waals surface area (Å²) in [6, 6.07) is 15.3. The van der Waals surface area contributed by atoms with Crippen molar-refractivity contribution in [1.29, 1.82) is 0 Å². The quantitative estimate of drug-likeness (QED) is 0.632. The average Bonchev–Trinajstić information content (AvgIpc) is 2.79. The molecule has 2 aromatic carbocycles. The lowest BCUT2D eigenvalue weighted by molar-refractivity contribution is -0.143. The molecule has 0 spiro atoms. The van der Waals surface area contributed by atoms with Gasteiger partial charge < -0.3 is 15.7 Å². The van der Waals surface area contributed by atoms with E-state index in [2.05, 4.69) is 0 Å². The lowest BCUT2D eigenvalue weighted by Crippen LogP contribution is -2.44. The van der Waals surface area contributed by atoms with Gasteiger partial charge in [-0.2, -0.15) is 0 Å². The zero-order valence-corrected chi connectivity index (χ0v) is 14.3. The average molecular weight is 353 g/mol. The molecule has 7 nitrogen and oxygen atoms in total. The summed E-state index contributed by atoms with van der Waals surface area (Å²) in [4.78, 5) is 39.2. The maximum atomic E-state index is 13.0. The second-order valence-corrected chi connectivity index (χ2v) is 6.33. The number of carbonyl (C=O) groups is 3. The summed E-state index contributed by atoms with van der Waals surface area (Å²) in [6.45, 7) is 1.14. The van der Waals surface area contributed by atoms with Crippen LogP contribution in [0.4, 0.5) is 10.5 Å². The van der Waals surface area contributed by atoms with E-state index in [9.17, 15) is 14.4 Å². The first-order valence-corrected chi connectivity index (χ1v) is 8.09. The number of carbonyl (C=O) groups excluding carboxylic acids is 2.